The van der Waals surface area contributed by atoms with Crippen molar-refractivity contribution in [2.75, 3.05) is 98.4 Å². The number of piperazine rings is 2. The number of halogens is 4. The van der Waals surface area contributed by atoms with Crippen LogP contribution >= 0.6 is 23.2 Å². The summed E-state index contributed by atoms with van der Waals surface area (Å²) in [6.45, 7) is 13.8. The van der Waals surface area contributed by atoms with E-state index in [1.165, 1.54) is 96.1 Å². The molecular weight excluding hydrogens is 1060 g/mol. The highest BCUT2D eigenvalue weighted by atomic mass is 35.5. The molecule has 4 aromatic carbocycles. The lowest BCUT2D eigenvalue weighted by Gasteiger charge is -2.33. The molecule has 8 aromatic rings. The molecule has 5 N–H and O–H groups in total. The van der Waals surface area contributed by atoms with Crippen molar-refractivity contribution in [2.45, 2.75) is 20.0 Å². The van der Waals surface area contributed by atoms with Crippen LogP contribution < -0.4 is 35.3 Å². The van der Waals surface area contributed by atoms with Crippen LogP contribution in [0.1, 0.15) is 38.8 Å². The smallest absolute Gasteiger partial charge is 0.337 e. The van der Waals surface area contributed by atoms with Crippen LogP contribution in [0.15, 0.2) is 97.8 Å². The first-order valence-corrected chi connectivity index (χ1v) is 25.8. The van der Waals surface area contributed by atoms with E-state index in [1.807, 2.05) is 18.3 Å². The minimum absolute atomic E-state index is 0.000283. The molecule has 19 nitrogen and oxygen atoms in total. The minimum Gasteiger partial charge on any atom is -0.495 e. The number of carboxylic acid groups (broad SMARTS) is 1. The van der Waals surface area contributed by atoms with Gasteiger partial charge in [-0.2, -0.15) is 0 Å². The molecule has 4 aromatic heterocycles. The Hall–Kier alpha value is -7.92. The van der Waals surface area contributed by atoms with Gasteiger partial charge in [-0.15, -0.1) is 0 Å². The second-order valence-corrected chi connectivity index (χ2v) is 18.8. The molecule has 2 fully saturated rings. The van der Waals surface area contributed by atoms with Crippen molar-refractivity contribution >= 4 is 68.8 Å². The van der Waals surface area contributed by atoms with E-state index < -0.39 is 23.5 Å². The van der Waals surface area contributed by atoms with Crippen LogP contribution in [0.5, 0.6) is 23.0 Å². The van der Waals surface area contributed by atoms with Gasteiger partial charge in [0, 0.05) is 137 Å². The Kier molecular flexibility index (Phi) is 19.3. The van der Waals surface area contributed by atoms with E-state index >= 15 is 4.39 Å². The molecule has 1 amide bonds. The van der Waals surface area contributed by atoms with Crippen molar-refractivity contribution in [1.29, 1.82) is 0 Å². The van der Waals surface area contributed by atoms with Crippen molar-refractivity contribution < 1.29 is 42.4 Å². The number of hydrogen-bond acceptors (Lipinski definition) is 17. The van der Waals surface area contributed by atoms with Crippen molar-refractivity contribution in [1.82, 2.24) is 49.9 Å². The third kappa shape index (κ3) is 13.3. The molecule has 412 valence electrons. The number of aromatic nitrogens is 6. The molecule has 23 heteroatoms. The molecule has 2 aliphatic rings. The molecule has 2 saturated heterocycles. The van der Waals surface area contributed by atoms with Crippen molar-refractivity contribution in [3.63, 3.8) is 0 Å². The molecule has 6 heterocycles. The Morgan fingerprint density at radius 2 is 1.06 bits per heavy atom. The average Bonchev–Trinajstić information content (AvgIpc) is 3.50. The Balaban J connectivity index is 0.000000171. The number of fused-ring (bicyclic) bond motifs is 2. The number of rotatable bonds is 14. The fourth-order valence-electron chi connectivity index (χ4n) is 9.07. The molecule has 79 heavy (non-hydrogen) atoms. The van der Waals surface area contributed by atoms with E-state index in [9.17, 15) is 19.1 Å². The third-order valence-electron chi connectivity index (χ3n) is 13.3. The summed E-state index contributed by atoms with van der Waals surface area (Å²) in [6, 6.07) is 16.3. The van der Waals surface area contributed by atoms with Gasteiger partial charge in [-0.05, 0) is 41.9 Å². The molecule has 0 spiro atoms. The van der Waals surface area contributed by atoms with Crippen LogP contribution in [0.2, 0.25) is 10.0 Å². The lowest BCUT2D eigenvalue weighted by Crippen LogP contribution is -2.45. The molecule has 10 rings (SSSR count). The number of nitrogen functional groups attached to an aromatic ring is 1. The van der Waals surface area contributed by atoms with Gasteiger partial charge < -0.3 is 45.3 Å². The summed E-state index contributed by atoms with van der Waals surface area (Å²) in [5.74, 6) is -1.59. The number of carbonyl (C=O) groups excluding carboxylic acids is 1. The van der Waals surface area contributed by atoms with Crippen LogP contribution in [-0.2, 0) is 13.1 Å². The second kappa shape index (κ2) is 26.6. The molecule has 0 saturated carbocycles. The maximum atomic E-state index is 15.4. The monoisotopic (exact) mass is 1120 g/mol. The molecule has 0 unspecified atom stereocenters. The number of aromatic carboxylic acids is 1. The zero-order chi connectivity index (χ0) is 56.2. The Morgan fingerprint density at radius 3 is 1.52 bits per heavy atom. The van der Waals surface area contributed by atoms with Crippen molar-refractivity contribution in [3.8, 4) is 45.3 Å². The topological polar surface area (TPSA) is 228 Å². The normalized spacial score (nSPS) is 13.9. The van der Waals surface area contributed by atoms with E-state index in [0.717, 1.165) is 64.5 Å². The van der Waals surface area contributed by atoms with Gasteiger partial charge in [0.05, 0.1) is 60.6 Å². The number of anilines is 2. The number of hydrogen-bond donors (Lipinski definition) is 4. The summed E-state index contributed by atoms with van der Waals surface area (Å²) >= 11 is 12.8. The van der Waals surface area contributed by atoms with Gasteiger partial charge in [-0.1, -0.05) is 54.4 Å². The summed E-state index contributed by atoms with van der Waals surface area (Å²) in [7, 11) is 5.50. The van der Waals surface area contributed by atoms with E-state index in [4.69, 9.17) is 47.9 Å². The van der Waals surface area contributed by atoms with E-state index in [-0.39, 0.29) is 77.4 Å². The van der Waals surface area contributed by atoms with Gasteiger partial charge in [0.1, 0.15) is 34.2 Å². The predicted octanol–water partition coefficient (Wildman–Crippen LogP) is 8.77. The Bertz CT molecular complexity index is 3390. The van der Waals surface area contributed by atoms with Crippen molar-refractivity contribution in [3.05, 3.63) is 142 Å². The van der Waals surface area contributed by atoms with Crippen LogP contribution in [-0.4, -0.2) is 149 Å². The molecule has 0 aliphatic carbocycles. The number of ether oxygens (including phenoxy) is 4. The lowest BCUT2D eigenvalue weighted by atomic mass is 9.99. The van der Waals surface area contributed by atoms with Gasteiger partial charge in [0.15, 0.2) is 23.1 Å². The quantitative estimate of drug-likeness (QED) is 0.0797. The number of nitrogens with zero attached hydrogens (tertiary/aromatic N) is 9. The first kappa shape index (κ1) is 57.3. The third-order valence-corrected chi connectivity index (χ3v) is 14.0. The van der Waals surface area contributed by atoms with Crippen LogP contribution in [0.4, 0.5) is 20.4 Å². The van der Waals surface area contributed by atoms with Crippen LogP contribution in [0.3, 0.4) is 0 Å². The number of carboxylic acids is 1. The molecule has 2 aliphatic heterocycles. The highest BCUT2D eigenvalue weighted by molar-refractivity contribution is 6.36. The van der Waals surface area contributed by atoms with Gasteiger partial charge in [-0.3, -0.25) is 34.5 Å². The van der Waals surface area contributed by atoms with Gasteiger partial charge >= 0.3 is 5.97 Å². The van der Waals surface area contributed by atoms with E-state index in [2.05, 4.69) is 68.2 Å². The van der Waals surface area contributed by atoms with Crippen LogP contribution in [0.25, 0.3) is 44.3 Å². The van der Waals surface area contributed by atoms with Crippen molar-refractivity contribution in [2.24, 2.45) is 0 Å². The fourth-order valence-corrected chi connectivity index (χ4v) is 9.70. The number of benzene rings is 4. The number of pyridine rings is 2. The molecular formula is C56H58Cl2F2N12O7. The number of nitrogens with two attached hydrogens (primary N) is 1. The van der Waals surface area contributed by atoms with E-state index in [0.29, 0.717) is 22.7 Å². The average molecular weight is 1120 g/mol. The first-order valence-electron chi connectivity index (χ1n) is 25.0. The summed E-state index contributed by atoms with van der Waals surface area (Å²) in [5, 5.41) is 15.5. The zero-order valence-corrected chi connectivity index (χ0v) is 45.5. The SMILES string of the molecule is CCN1CCN(Cc2ccc(N)nc2)CC1.COc1cc(OC)c(Cl)c(-c2ccc(C(=O)Nc3ccc(CN4CCNCC4)cn3)c3nccnc23)c1F.COc1cc(OC)c(Cl)c(-c2ccc(C(=O)O)c3nccnc23)c1F. The number of methoxy groups -OCH3 is 4. The Morgan fingerprint density at radius 1 is 0.608 bits per heavy atom. The van der Waals surface area contributed by atoms with Crippen LogP contribution in [0, 0.1) is 11.6 Å². The standard InChI is InChI=1S/C27H26ClFN6O3.C17H12ClFN2O4.C12H20N4/c1-37-19-13-20(38-2)24(29)22(23(19)28)17-4-5-18(26-25(17)31-7-8-32-26)27(36)34-21-6-3-16(14-33-21)15-35-11-9-30-10-12-35;1-24-10-7-11(25-2)14(19)12(13(10)18)8-3-4-9(17(22)23)16-15(8)20-5-6-21-16;1-2-15-5-7-16(8-6-15)10-11-3-4-12(13)14-9-11/h3-8,13-14,30H,9-12,15H2,1-2H3,(H,33,34,36);3-7H,1-2H3,(H,22,23);3-4,9H,2,5-8,10H2,1H3,(H2,13,14). The highest BCUT2D eigenvalue weighted by Gasteiger charge is 2.26. The summed E-state index contributed by atoms with van der Waals surface area (Å²) in [4.78, 5) is 57.5. The summed E-state index contributed by atoms with van der Waals surface area (Å²) in [5.41, 5.74) is 9.70. The maximum Gasteiger partial charge on any atom is 0.337 e. The minimum atomic E-state index is -1.16. The van der Waals surface area contributed by atoms with E-state index in [1.54, 1.807) is 24.4 Å². The highest BCUT2D eigenvalue weighted by Crippen LogP contribution is 2.45. The summed E-state index contributed by atoms with van der Waals surface area (Å²) < 4.78 is 51.0. The second-order valence-electron chi connectivity index (χ2n) is 18.0. The van der Waals surface area contributed by atoms with Gasteiger partial charge in [0.2, 0.25) is 0 Å². The summed E-state index contributed by atoms with van der Waals surface area (Å²) in [6.07, 6.45) is 9.33. The van der Waals surface area contributed by atoms with Gasteiger partial charge in [-0.25, -0.2) is 23.5 Å². The Labute approximate surface area is 464 Å². The largest absolute Gasteiger partial charge is 0.495 e. The molecule has 0 radical (unpaired) electrons. The lowest BCUT2D eigenvalue weighted by molar-refractivity contribution is 0.0698. The fraction of sp³-hybridized carbons (Fsp3) is 0.286. The van der Waals surface area contributed by atoms with Gasteiger partial charge in [0.25, 0.3) is 5.91 Å². The first-order chi connectivity index (χ1) is 38.3. The number of nitrogens with one attached hydrogen (secondary N) is 2. The molecule has 0 atom stereocenters. The predicted molar refractivity (Wildman–Crippen MR) is 299 cm³/mol. The zero-order valence-electron chi connectivity index (χ0n) is 44.0. The molecule has 0 bridgehead atoms. The maximum absolute atomic E-state index is 15.4. The number of amides is 1. The number of likely N-dealkylation sites (N-methyl/N-ethyl adjacent to an activating group) is 1. The number of carbonyl (C=O) groups is 2.